The fourth-order valence-corrected chi connectivity index (χ4v) is 3.32. The first-order valence-electron chi connectivity index (χ1n) is 7.99. The minimum atomic E-state index is -3.41. The van der Waals surface area contributed by atoms with E-state index in [9.17, 15) is 17.6 Å². The average molecular weight is 399 g/mol. The second-order valence-corrected chi connectivity index (χ2v) is 8.22. The predicted molar refractivity (Wildman–Crippen MR) is 100 cm³/mol. The van der Waals surface area contributed by atoms with Crippen LogP contribution in [0, 0.1) is 5.82 Å². The molecule has 5 nitrogen and oxygen atoms in total. The summed E-state index contributed by atoms with van der Waals surface area (Å²) in [5.41, 5.74) is 1.29. The number of hydrogen-bond donors (Lipinski definition) is 1. The number of carbonyl (C=O) groups is 1. The number of benzene rings is 2. The fraction of sp³-hybridized carbons (Fsp3) is 0.278. The van der Waals surface area contributed by atoms with E-state index < -0.39 is 15.8 Å². The van der Waals surface area contributed by atoms with Gasteiger partial charge in [-0.2, -0.15) is 0 Å². The largest absolute Gasteiger partial charge is 0.351 e. The molecule has 0 unspecified atom stereocenters. The number of halogens is 2. The minimum absolute atomic E-state index is 0.152. The molecule has 0 fully saturated rings. The lowest BCUT2D eigenvalue weighted by molar-refractivity contribution is 0.0951. The van der Waals surface area contributed by atoms with E-state index in [1.54, 1.807) is 12.1 Å². The van der Waals surface area contributed by atoms with Crippen molar-refractivity contribution >= 4 is 27.5 Å². The molecule has 140 valence electrons. The monoisotopic (exact) mass is 398 g/mol. The van der Waals surface area contributed by atoms with E-state index in [1.165, 1.54) is 28.6 Å². The number of nitrogens with zero attached hydrogens (tertiary/aromatic N) is 1. The summed E-state index contributed by atoms with van der Waals surface area (Å²) in [6.45, 7) is 0.607. The highest BCUT2D eigenvalue weighted by molar-refractivity contribution is 7.88. The molecule has 2 rings (SSSR count). The summed E-state index contributed by atoms with van der Waals surface area (Å²) in [4.78, 5) is 12.0. The van der Waals surface area contributed by atoms with Gasteiger partial charge in [0.25, 0.3) is 5.91 Å². The molecule has 1 N–H and O–H groups in total. The molecular weight excluding hydrogens is 379 g/mol. The first-order chi connectivity index (χ1) is 12.3. The van der Waals surface area contributed by atoms with Gasteiger partial charge < -0.3 is 5.32 Å². The Hall–Kier alpha value is -1.96. The van der Waals surface area contributed by atoms with Crippen molar-refractivity contribution in [1.29, 1.82) is 0 Å². The Kier molecular flexibility index (Phi) is 7.14. The third kappa shape index (κ3) is 6.40. The molecule has 0 saturated carbocycles. The van der Waals surface area contributed by atoms with Crippen LogP contribution in [0.4, 0.5) is 4.39 Å². The quantitative estimate of drug-likeness (QED) is 0.743. The predicted octanol–water partition coefficient (Wildman–Crippen LogP) is 2.71. The number of carbonyl (C=O) groups excluding carboxylic acids is 1. The summed E-state index contributed by atoms with van der Waals surface area (Å²) in [5.74, 6) is -0.803. The number of amides is 1. The van der Waals surface area contributed by atoms with Crippen molar-refractivity contribution < 1.29 is 17.6 Å². The molecule has 0 atom stereocenters. The van der Waals surface area contributed by atoms with Crippen LogP contribution < -0.4 is 5.32 Å². The number of nitrogens with one attached hydrogen (secondary N) is 1. The van der Waals surface area contributed by atoms with Gasteiger partial charge in [0, 0.05) is 30.2 Å². The van der Waals surface area contributed by atoms with E-state index in [4.69, 9.17) is 11.6 Å². The third-order valence-corrected chi connectivity index (χ3v) is 5.34. The van der Waals surface area contributed by atoms with Crippen molar-refractivity contribution in [3.8, 4) is 0 Å². The van der Waals surface area contributed by atoms with Crippen molar-refractivity contribution in [3.63, 3.8) is 0 Å². The Bertz CT molecular complexity index is 840. The molecule has 0 aliphatic rings. The first kappa shape index (κ1) is 20.4. The number of sulfonamides is 1. The molecule has 0 bridgehead atoms. The summed E-state index contributed by atoms with van der Waals surface area (Å²) < 4.78 is 38.1. The van der Waals surface area contributed by atoms with E-state index in [0.717, 1.165) is 11.8 Å². The molecule has 0 heterocycles. The molecule has 2 aromatic rings. The van der Waals surface area contributed by atoms with Crippen LogP contribution in [-0.4, -0.2) is 44.5 Å². The van der Waals surface area contributed by atoms with Gasteiger partial charge in [-0.15, -0.1) is 0 Å². The number of hydrogen-bond acceptors (Lipinski definition) is 3. The van der Waals surface area contributed by atoms with Gasteiger partial charge in [-0.1, -0.05) is 23.7 Å². The lowest BCUT2D eigenvalue weighted by Gasteiger charge is -2.20. The SMILES string of the molecule is CS(=O)(=O)N(CCNC(=O)c1ccc(F)cc1)CCc1ccc(Cl)cc1. The van der Waals surface area contributed by atoms with Crippen molar-refractivity contribution in [2.75, 3.05) is 25.9 Å². The lowest BCUT2D eigenvalue weighted by atomic mass is 10.1. The number of rotatable bonds is 8. The highest BCUT2D eigenvalue weighted by atomic mass is 35.5. The van der Waals surface area contributed by atoms with Crippen LogP contribution in [-0.2, 0) is 16.4 Å². The van der Waals surface area contributed by atoms with Crippen molar-refractivity contribution in [1.82, 2.24) is 9.62 Å². The molecular formula is C18H20ClFN2O3S. The average Bonchev–Trinajstić information content (AvgIpc) is 2.58. The van der Waals surface area contributed by atoms with Crippen LogP contribution >= 0.6 is 11.6 Å². The summed E-state index contributed by atoms with van der Waals surface area (Å²) in [6, 6.07) is 12.3. The van der Waals surface area contributed by atoms with Crippen LogP contribution in [0.5, 0.6) is 0 Å². The van der Waals surface area contributed by atoms with Crippen LogP contribution in [0.3, 0.4) is 0 Å². The van der Waals surface area contributed by atoms with E-state index in [2.05, 4.69) is 5.32 Å². The van der Waals surface area contributed by atoms with Crippen molar-refractivity contribution in [2.45, 2.75) is 6.42 Å². The summed E-state index contributed by atoms with van der Waals surface area (Å²) in [5, 5.41) is 3.26. The van der Waals surface area contributed by atoms with E-state index in [1.807, 2.05) is 12.1 Å². The molecule has 0 aliphatic heterocycles. The van der Waals surface area contributed by atoms with E-state index in [0.29, 0.717) is 23.6 Å². The second-order valence-electron chi connectivity index (χ2n) is 5.80. The molecule has 0 aromatic heterocycles. The molecule has 2 aromatic carbocycles. The van der Waals surface area contributed by atoms with Gasteiger partial charge in [0.2, 0.25) is 10.0 Å². The molecule has 0 aliphatic carbocycles. The highest BCUT2D eigenvalue weighted by Gasteiger charge is 2.16. The van der Waals surface area contributed by atoms with Crippen molar-refractivity contribution in [2.24, 2.45) is 0 Å². The molecule has 26 heavy (non-hydrogen) atoms. The van der Waals surface area contributed by atoms with Gasteiger partial charge >= 0.3 is 0 Å². The van der Waals surface area contributed by atoms with Crippen LogP contribution in [0.2, 0.25) is 5.02 Å². The first-order valence-corrected chi connectivity index (χ1v) is 10.2. The molecule has 1 amide bonds. The lowest BCUT2D eigenvalue weighted by Crippen LogP contribution is -2.39. The Morgan fingerprint density at radius 3 is 2.27 bits per heavy atom. The highest BCUT2D eigenvalue weighted by Crippen LogP contribution is 2.11. The topological polar surface area (TPSA) is 66.5 Å². The van der Waals surface area contributed by atoms with E-state index >= 15 is 0 Å². The van der Waals surface area contributed by atoms with Crippen molar-refractivity contribution in [3.05, 3.63) is 70.5 Å². The smallest absolute Gasteiger partial charge is 0.251 e. The van der Waals surface area contributed by atoms with Crippen LogP contribution in [0.25, 0.3) is 0 Å². The summed E-state index contributed by atoms with van der Waals surface area (Å²) in [7, 11) is -3.41. The molecule has 8 heteroatoms. The second kappa shape index (κ2) is 9.12. The molecule has 0 saturated heterocycles. The van der Waals surface area contributed by atoms with Crippen LogP contribution in [0.15, 0.2) is 48.5 Å². The zero-order valence-electron chi connectivity index (χ0n) is 14.3. The fourth-order valence-electron chi connectivity index (χ4n) is 2.35. The van der Waals surface area contributed by atoms with Gasteiger partial charge in [0.15, 0.2) is 0 Å². The van der Waals surface area contributed by atoms with Gasteiger partial charge in [-0.05, 0) is 48.4 Å². The third-order valence-electron chi connectivity index (χ3n) is 3.79. The Morgan fingerprint density at radius 2 is 1.69 bits per heavy atom. The maximum Gasteiger partial charge on any atom is 0.251 e. The summed E-state index contributed by atoms with van der Waals surface area (Å²) >= 11 is 5.84. The maximum absolute atomic E-state index is 12.9. The normalized spacial score (nSPS) is 11.5. The van der Waals surface area contributed by atoms with Gasteiger partial charge in [0.1, 0.15) is 5.82 Å². The molecule has 0 spiro atoms. The molecule has 0 radical (unpaired) electrons. The zero-order chi connectivity index (χ0) is 19.2. The van der Waals surface area contributed by atoms with Gasteiger partial charge in [0.05, 0.1) is 6.26 Å². The van der Waals surface area contributed by atoms with E-state index in [-0.39, 0.29) is 19.0 Å². The van der Waals surface area contributed by atoms with Gasteiger partial charge in [-0.25, -0.2) is 17.1 Å². The van der Waals surface area contributed by atoms with Crippen LogP contribution in [0.1, 0.15) is 15.9 Å². The van der Waals surface area contributed by atoms with Gasteiger partial charge in [-0.3, -0.25) is 4.79 Å². The maximum atomic E-state index is 12.9. The minimum Gasteiger partial charge on any atom is -0.351 e. The Labute approximate surface area is 157 Å². The zero-order valence-corrected chi connectivity index (χ0v) is 15.9. The Morgan fingerprint density at radius 1 is 1.08 bits per heavy atom. The summed E-state index contributed by atoms with van der Waals surface area (Å²) in [6.07, 6.45) is 1.67. The standard InChI is InChI=1S/C18H20ClFN2O3S/c1-26(24,25)22(12-10-14-2-6-16(19)7-3-14)13-11-21-18(23)15-4-8-17(20)9-5-15/h2-9H,10-13H2,1H3,(H,21,23). The Balaban J connectivity index is 1.88.